The predicted molar refractivity (Wildman–Crippen MR) is 145 cm³/mol. The summed E-state index contributed by atoms with van der Waals surface area (Å²) in [6, 6.07) is 30.0. The first-order valence-corrected chi connectivity index (χ1v) is 12.2. The van der Waals surface area contributed by atoms with Crippen LogP contribution in [0.15, 0.2) is 115 Å². The van der Waals surface area contributed by atoms with Crippen molar-refractivity contribution in [3.05, 3.63) is 132 Å². The Balaban J connectivity index is 1.52. The van der Waals surface area contributed by atoms with Gasteiger partial charge >= 0.3 is 0 Å². The number of benzene rings is 3. The number of ether oxygens (including phenoxy) is 1. The van der Waals surface area contributed by atoms with Crippen LogP contribution in [0.3, 0.4) is 0 Å². The summed E-state index contributed by atoms with van der Waals surface area (Å²) in [4.78, 5) is 18.5. The molecular formula is C30H25N5O3. The Morgan fingerprint density at radius 2 is 1.63 bits per heavy atom. The number of hydrogen-bond acceptors (Lipinski definition) is 7. The lowest BCUT2D eigenvalue weighted by molar-refractivity contribution is -0.126. The highest BCUT2D eigenvalue weighted by Gasteiger charge is 2.42. The van der Waals surface area contributed by atoms with E-state index in [-0.39, 0.29) is 17.7 Å². The maximum atomic E-state index is 14.2. The molecule has 188 valence electrons. The number of amides is 1. The van der Waals surface area contributed by atoms with Gasteiger partial charge in [-0.15, -0.1) is 0 Å². The van der Waals surface area contributed by atoms with Gasteiger partial charge in [-0.2, -0.15) is 0 Å². The van der Waals surface area contributed by atoms with Crippen LogP contribution >= 0.6 is 0 Å². The minimum absolute atomic E-state index is 0.0636. The highest BCUT2D eigenvalue weighted by molar-refractivity contribution is 6.22. The van der Waals surface area contributed by atoms with Crippen molar-refractivity contribution < 1.29 is 14.6 Å². The maximum Gasteiger partial charge on any atom is 0.278 e. The summed E-state index contributed by atoms with van der Waals surface area (Å²) in [7, 11) is 1.60. The molecule has 4 N–H and O–H groups in total. The molecule has 0 radical (unpaired) electrons. The van der Waals surface area contributed by atoms with Crippen LogP contribution in [0.4, 0.5) is 5.82 Å². The van der Waals surface area contributed by atoms with E-state index in [1.807, 2.05) is 84.9 Å². The molecule has 1 atom stereocenters. The summed E-state index contributed by atoms with van der Waals surface area (Å²) in [5.74, 6) is 1.98. The molecule has 0 aliphatic carbocycles. The summed E-state index contributed by atoms with van der Waals surface area (Å²) in [6.07, 6.45) is 1.50. The van der Waals surface area contributed by atoms with Gasteiger partial charge in [0.05, 0.1) is 18.7 Å². The Labute approximate surface area is 219 Å². The standard InChI is InChI=1S/C30H25N5O3/c1-38-23-14-12-20(13-15-23)26-28(32-24-18-22(36)16-17-31-24)33-29-25(19-8-4-2-5-9-19)27(34-35(29)30(26)37)21-10-6-3-7-11-21/h2-18,27,33-34H,1H3,(H2,31,32,36). The number of hydrogen-bond donors (Lipinski definition) is 4. The van der Waals surface area contributed by atoms with Crippen LogP contribution in [-0.2, 0) is 4.79 Å². The SMILES string of the molecule is COc1ccc(C2=C(Nc3cc(O)ccn3)NC3=C(c4ccccc4)C(c4ccccc4)NN3C2=O)cc1. The van der Waals surface area contributed by atoms with Crippen LogP contribution in [0.25, 0.3) is 11.1 Å². The summed E-state index contributed by atoms with van der Waals surface area (Å²) in [6.45, 7) is 0. The van der Waals surface area contributed by atoms with Gasteiger partial charge in [0.2, 0.25) is 0 Å². The molecule has 3 aromatic carbocycles. The molecule has 8 heteroatoms. The minimum Gasteiger partial charge on any atom is -0.508 e. The average molecular weight is 504 g/mol. The number of hydrazine groups is 1. The molecule has 2 aliphatic heterocycles. The molecule has 3 heterocycles. The van der Waals surface area contributed by atoms with E-state index in [0.29, 0.717) is 34.3 Å². The first-order chi connectivity index (χ1) is 18.6. The van der Waals surface area contributed by atoms with Crippen molar-refractivity contribution in [3.63, 3.8) is 0 Å². The van der Waals surface area contributed by atoms with Crippen LogP contribution in [0.5, 0.6) is 11.5 Å². The molecule has 6 rings (SSSR count). The van der Waals surface area contributed by atoms with Crippen LogP contribution in [0.2, 0.25) is 0 Å². The zero-order chi connectivity index (χ0) is 26.1. The van der Waals surface area contributed by atoms with Crippen LogP contribution in [-0.4, -0.2) is 28.1 Å². The van der Waals surface area contributed by atoms with Gasteiger partial charge in [0.25, 0.3) is 5.91 Å². The number of rotatable bonds is 6. The Morgan fingerprint density at radius 3 is 2.32 bits per heavy atom. The number of methoxy groups -OCH3 is 1. The van der Waals surface area contributed by atoms with Gasteiger partial charge in [-0.05, 0) is 34.9 Å². The van der Waals surface area contributed by atoms with Gasteiger partial charge in [-0.3, -0.25) is 4.79 Å². The third kappa shape index (κ3) is 4.23. The topological polar surface area (TPSA) is 98.8 Å². The van der Waals surface area contributed by atoms with Gasteiger partial charge in [0.15, 0.2) is 0 Å². The number of pyridine rings is 1. The molecule has 8 nitrogen and oxygen atoms in total. The van der Waals surface area contributed by atoms with Crippen molar-refractivity contribution in [1.82, 2.24) is 20.7 Å². The fourth-order valence-electron chi connectivity index (χ4n) is 4.74. The van der Waals surface area contributed by atoms with Gasteiger partial charge in [-0.25, -0.2) is 15.4 Å². The summed E-state index contributed by atoms with van der Waals surface area (Å²) < 4.78 is 5.31. The first kappa shape index (κ1) is 23.3. The summed E-state index contributed by atoms with van der Waals surface area (Å²) in [5, 5.41) is 18.3. The third-order valence-electron chi connectivity index (χ3n) is 6.53. The van der Waals surface area contributed by atoms with Crippen LogP contribution in [0.1, 0.15) is 22.7 Å². The molecule has 4 aromatic rings. The predicted octanol–water partition coefficient (Wildman–Crippen LogP) is 4.64. The molecule has 1 amide bonds. The Hall–Kier alpha value is -5.08. The fourth-order valence-corrected chi connectivity index (χ4v) is 4.74. The second kappa shape index (κ2) is 9.76. The van der Waals surface area contributed by atoms with Gasteiger partial charge < -0.3 is 20.5 Å². The van der Waals surface area contributed by atoms with Gasteiger partial charge in [-0.1, -0.05) is 72.8 Å². The average Bonchev–Trinajstić information content (AvgIpc) is 3.34. The maximum absolute atomic E-state index is 14.2. The number of fused-ring (bicyclic) bond motifs is 1. The molecule has 0 spiro atoms. The highest BCUT2D eigenvalue weighted by Crippen LogP contribution is 2.42. The van der Waals surface area contributed by atoms with Crippen LogP contribution < -0.4 is 20.8 Å². The van der Waals surface area contributed by atoms with Crippen molar-refractivity contribution in [2.45, 2.75) is 6.04 Å². The number of anilines is 1. The number of aromatic nitrogens is 1. The lowest BCUT2D eigenvalue weighted by atomic mass is 9.94. The largest absolute Gasteiger partial charge is 0.508 e. The fraction of sp³-hybridized carbons (Fsp3) is 0.0667. The smallest absolute Gasteiger partial charge is 0.278 e. The minimum atomic E-state index is -0.264. The van der Waals surface area contributed by atoms with Crippen molar-refractivity contribution in [1.29, 1.82) is 0 Å². The summed E-state index contributed by atoms with van der Waals surface area (Å²) in [5.41, 5.74) is 7.47. The zero-order valence-corrected chi connectivity index (χ0v) is 20.6. The van der Waals surface area contributed by atoms with Crippen molar-refractivity contribution in [2.24, 2.45) is 0 Å². The van der Waals surface area contributed by atoms with E-state index in [9.17, 15) is 9.90 Å². The number of carbonyl (C=O) groups is 1. The monoisotopic (exact) mass is 503 g/mol. The van der Waals surface area contributed by atoms with Crippen molar-refractivity contribution in [2.75, 3.05) is 12.4 Å². The second-order valence-electron chi connectivity index (χ2n) is 8.87. The Morgan fingerprint density at radius 1 is 0.921 bits per heavy atom. The highest BCUT2D eigenvalue weighted by atomic mass is 16.5. The normalized spacial score (nSPS) is 16.8. The zero-order valence-electron chi connectivity index (χ0n) is 20.6. The van der Waals surface area contributed by atoms with Crippen molar-refractivity contribution in [3.8, 4) is 11.5 Å². The van der Waals surface area contributed by atoms with E-state index in [2.05, 4.69) is 21.0 Å². The van der Waals surface area contributed by atoms with Gasteiger partial charge in [0, 0.05) is 17.8 Å². The molecule has 0 saturated heterocycles. The van der Waals surface area contributed by atoms with Crippen molar-refractivity contribution >= 4 is 22.9 Å². The summed E-state index contributed by atoms with van der Waals surface area (Å²) >= 11 is 0. The molecule has 1 unspecified atom stereocenters. The van der Waals surface area contributed by atoms with E-state index >= 15 is 0 Å². The Bertz CT molecular complexity index is 1550. The van der Waals surface area contributed by atoms with E-state index in [4.69, 9.17) is 4.74 Å². The molecule has 0 saturated carbocycles. The number of aromatic hydroxyl groups is 1. The van der Waals surface area contributed by atoms with Gasteiger partial charge in [0.1, 0.15) is 29.0 Å². The molecule has 0 bridgehead atoms. The molecule has 2 aliphatic rings. The van der Waals surface area contributed by atoms with E-state index in [1.165, 1.54) is 18.3 Å². The van der Waals surface area contributed by atoms with E-state index < -0.39 is 0 Å². The number of nitrogens with zero attached hydrogens (tertiary/aromatic N) is 2. The quantitative estimate of drug-likeness (QED) is 0.304. The van der Waals surface area contributed by atoms with E-state index in [1.54, 1.807) is 12.1 Å². The third-order valence-corrected chi connectivity index (χ3v) is 6.53. The molecular weight excluding hydrogens is 478 g/mol. The molecule has 38 heavy (non-hydrogen) atoms. The lowest BCUT2D eigenvalue weighted by Crippen LogP contribution is -2.47. The van der Waals surface area contributed by atoms with E-state index in [0.717, 1.165) is 16.7 Å². The molecule has 1 aromatic heterocycles. The Kier molecular flexibility index (Phi) is 5.99. The second-order valence-corrected chi connectivity index (χ2v) is 8.87. The number of nitrogens with one attached hydrogen (secondary N) is 3. The first-order valence-electron chi connectivity index (χ1n) is 12.2. The molecule has 0 fully saturated rings. The lowest BCUT2D eigenvalue weighted by Gasteiger charge is -2.31. The number of carbonyl (C=O) groups excluding carboxylic acids is 1. The van der Waals surface area contributed by atoms with Crippen LogP contribution in [0, 0.1) is 0 Å².